The number of rotatable bonds is 7. The molecule has 21 rings (SSSR count). The molecule has 0 radical (unpaired) electrons. The standard InChI is InChI=1S/C42H71NO34/c43-15-16(51)36-64-8(1-44)29(15)71-37-23(58)17(52)31(10(3-46)65-37)73-39-25(60)19(54)33(12(5-48)67-39)75-41-27(62)21(56)35(14(7-50)69-41)77-42-28(63)22(57)34(13(6-49)70-42)76-40-26(61)20(55)32(11(4-47)68-40)74-38-24(59)18(53)30(72-36)9(2-45)66-38/h8-42,44-63H,1-7,43H2/t8-,9-,10-,11-,12-,13-,14-,15+,16+,17-,18-,19+,20-,21+,22-,23-,24-,25+,26-,27+,28-,29-,30-,31-,32-,33-,34-,35-,36-,37-,38-,39-,40-,41-,42-/m1/s1. The van der Waals surface area contributed by atoms with E-state index < -0.39 is 261 Å². The third-order valence-electron chi connectivity index (χ3n) is 14.9. The highest BCUT2D eigenvalue weighted by atomic mass is 16.8. The molecule has 0 unspecified atom stereocenters. The average Bonchev–Trinajstić information content (AvgIpc) is 3.45. The fourth-order valence-electron chi connectivity index (χ4n) is 10.5. The molecule has 0 aromatic rings. The van der Waals surface area contributed by atoms with Crippen LogP contribution in [0.25, 0.3) is 0 Å². The second-order valence-electron chi connectivity index (χ2n) is 19.7. The molecule has 35 nitrogen and oxygen atoms in total. The van der Waals surface area contributed by atoms with Crippen LogP contribution in [0.3, 0.4) is 0 Å². The van der Waals surface area contributed by atoms with Crippen LogP contribution in [0, 0.1) is 0 Å². The second kappa shape index (κ2) is 26.0. The lowest BCUT2D eigenvalue weighted by Crippen LogP contribution is -2.69. The van der Waals surface area contributed by atoms with Gasteiger partial charge >= 0.3 is 0 Å². The van der Waals surface area contributed by atoms with Crippen molar-refractivity contribution in [3.63, 3.8) is 0 Å². The molecule has 0 amide bonds. The first-order valence-electron chi connectivity index (χ1n) is 24.7. The predicted octanol–water partition coefficient (Wildman–Crippen LogP) is -15.3. The summed E-state index contributed by atoms with van der Waals surface area (Å²) in [6.07, 6.45) is -66.7. The van der Waals surface area contributed by atoms with Gasteiger partial charge in [0.1, 0.15) is 165 Å². The van der Waals surface area contributed by atoms with Gasteiger partial charge in [-0.1, -0.05) is 0 Å². The van der Waals surface area contributed by atoms with Gasteiger partial charge in [0.25, 0.3) is 0 Å². The topological polar surface area (TPSA) is 560 Å². The van der Waals surface area contributed by atoms with Crippen LogP contribution < -0.4 is 5.73 Å². The highest BCUT2D eigenvalue weighted by molar-refractivity contribution is 5.02. The molecular formula is C42H71NO34. The highest BCUT2D eigenvalue weighted by Crippen LogP contribution is 2.38. The predicted molar refractivity (Wildman–Crippen MR) is 230 cm³/mol. The van der Waals surface area contributed by atoms with E-state index in [2.05, 4.69) is 0 Å². The van der Waals surface area contributed by atoms with Gasteiger partial charge in [0.2, 0.25) is 0 Å². The van der Waals surface area contributed by atoms with Crippen LogP contribution in [-0.2, 0) is 66.3 Å². The van der Waals surface area contributed by atoms with Crippen molar-refractivity contribution >= 4 is 0 Å². The normalized spacial score (nSPS) is 55.4. The van der Waals surface area contributed by atoms with Gasteiger partial charge in [0.05, 0.1) is 52.3 Å². The molecule has 21 fully saturated rings. The van der Waals surface area contributed by atoms with Gasteiger partial charge in [0, 0.05) is 0 Å². The van der Waals surface area contributed by atoms with Crippen molar-refractivity contribution in [3.8, 4) is 0 Å². The molecule has 21 aliphatic heterocycles. The smallest absolute Gasteiger partial charge is 0.187 e. The monoisotopic (exact) mass is 1130 g/mol. The molecule has 14 bridgehead atoms. The van der Waals surface area contributed by atoms with Gasteiger partial charge in [-0.3, -0.25) is 0 Å². The minimum Gasteiger partial charge on any atom is -0.394 e. The summed E-state index contributed by atoms with van der Waals surface area (Å²) in [5, 5.41) is 219. The van der Waals surface area contributed by atoms with Crippen molar-refractivity contribution in [2.75, 3.05) is 46.2 Å². The minimum atomic E-state index is -2.20. The summed E-state index contributed by atoms with van der Waals surface area (Å²) < 4.78 is 79.9. The van der Waals surface area contributed by atoms with Crippen molar-refractivity contribution < 1.29 is 168 Å². The molecule has 21 aliphatic rings. The van der Waals surface area contributed by atoms with E-state index in [-0.39, 0.29) is 0 Å². The Hall–Kier alpha value is -1.40. The van der Waals surface area contributed by atoms with E-state index >= 15 is 0 Å². The third-order valence-corrected chi connectivity index (χ3v) is 14.9. The molecule has 448 valence electrons. The lowest BCUT2D eigenvalue weighted by Gasteiger charge is -2.50. The van der Waals surface area contributed by atoms with E-state index in [4.69, 9.17) is 72.0 Å². The number of hydrogen-bond acceptors (Lipinski definition) is 35. The van der Waals surface area contributed by atoms with Crippen molar-refractivity contribution in [1.29, 1.82) is 0 Å². The minimum absolute atomic E-state index is 0.967. The van der Waals surface area contributed by atoms with Gasteiger partial charge < -0.3 is 174 Å². The molecule has 0 aliphatic carbocycles. The molecule has 77 heavy (non-hydrogen) atoms. The maximum Gasteiger partial charge on any atom is 0.187 e. The SMILES string of the molecule is N[C@H]1[C@H](O)[C@H]2O[C@H]3[C@H](O)[C@@H](O)[C@@H](O[C@H]4[C@H](O)[C@@H](O)[C@@H](O[C@H]5[C@H](O)[C@@H](O)[C@@H](O[C@H]6[C@@H](O)[C@H](O)[C@@H](O[C@H]7[C@@H](O)[C@H](O)[C@@H](O[C@H]8[C@H](O)[C@@H](O)[C@@H](O[C@@H]1[C@@H](CO)O2)O[C@@H]8CO)O[C@@H]7CO)O[C@@H]6CO)O[C@@H]5CO)O[C@@H]4CO)O[C@@H]3CO. The summed E-state index contributed by atoms with van der Waals surface area (Å²) >= 11 is 0. The lowest BCUT2D eigenvalue weighted by molar-refractivity contribution is -0.396. The van der Waals surface area contributed by atoms with Crippen molar-refractivity contribution in [1.82, 2.24) is 0 Å². The third kappa shape index (κ3) is 12.1. The van der Waals surface area contributed by atoms with Crippen LogP contribution in [0.5, 0.6) is 0 Å². The van der Waals surface area contributed by atoms with Gasteiger partial charge in [-0.05, 0) is 0 Å². The maximum absolute atomic E-state index is 11.4. The Balaban J connectivity index is 1.08. The Morgan fingerprint density at radius 3 is 0.506 bits per heavy atom. The highest BCUT2D eigenvalue weighted by Gasteiger charge is 2.59. The largest absolute Gasteiger partial charge is 0.394 e. The quantitative estimate of drug-likeness (QED) is 0.113. The van der Waals surface area contributed by atoms with Crippen LogP contribution in [0.15, 0.2) is 0 Å². The van der Waals surface area contributed by atoms with Gasteiger partial charge in [-0.15, -0.1) is 0 Å². The molecule has 35 atom stereocenters. The average molecular weight is 1130 g/mol. The fourth-order valence-corrected chi connectivity index (χ4v) is 10.5. The van der Waals surface area contributed by atoms with Crippen LogP contribution >= 0.6 is 0 Å². The first-order valence-corrected chi connectivity index (χ1v) is 24.7. The molecule has 21 heterocycles. The van der Waals surface area contributed by atoms with Crippen LogP contribution in [0.2, 0.25) is 0 Å². The Bertz CT molecular complexity index is 1470. The molecule has 0 spiro atoms. The first kappa shape index (κ1) is 61.7. The molecule has 0 aromatic heterocycles. The van der Waals surface area contributed by atoms with Gasteiger partial charge in [0.15, 0.2) is 44.0 Å². The van der Waals surface area contributed by atoms with Crippen LogP contribution in [-0.4, -0.2) is 363 Å². The summed E-state index contributed by atoms with van der Waals surface area (Å²) in [6, 6.07) is -1.67. The van der Waals surface area contributed by atoms with Crippen LogP contribution in [0.4, 0.5) is 0 Å². The zero-order chi connectivity index (χ0) is 56.1. The molecule has 0 saturated carbocycles. The van der Waals surface area contributed by atoms with E-state index in [1.807, 2.05) is 0 Å². The molecule has 22 N–H and O–H groups in total. The lowest BCUT2D eigenvalue weighted by atomic mass is 9.94. The Morgan fingerprint density at radius 1 is 0.195 bits per heavy atom. The van der Waals surface area contributed by atoms with Crippen molar-refractivity contribution in [2.45, 2.75) is 215 Å². The summed E-state index contributed by atoms with van der Waals surface area (Å²) in [6.45, 7) is -7.15. The summed E-state index contributed by atoms with van der Waals surface area (Å²) in [5.41, 5.74) is 6.35. The van der Waals surface area contributed by atoms with Crippen molar-refractivity contribution in [3.05, 3.63) is 0 Å². The molecule has 0 aromatic carbocycles. The number of aliphatic hydroxyl groups excluding tert-OH is 20. The van der Waals surface area contributed by atoms with E-state index in [0.717, 1.165) is 0 Å². The Morgan fingerprint density at radius 2 is 0.338 bits per heavy atom. The van der Waals surface area contributed by atoms with Gasteiger partial charge in [-0.2, -0.15) is 0 Å². The summed E-state index contributed by atoms with van der Waals surface area (Å²) in [5.74, 6) is 0. The van der Waals surface area contributed by atoms with Crippen molar-refractivity contribution in [2.24, 2.45) is 5.73 Å². The maximum atomic E-state index is 11.4. The van der Waals surface area contributed by atoms with Crippen LogP contribution in [0.1, 0.15) is 0 Å². The fraction of sp³-hybridized carbons (Fsp3) is 1.00. The number of hydrogen-bond donors (Lipinski definition) is 21. The molecule has 21 saturated heterocycles. The Kier molecular flexibility index (Phi) is 20.8. The summed E-state index contributed by atoms with van der Waals surface area (Å²) in [7, 11) is 0. The second-order valence-corrected chi connectivity index (χ2v) is 19.7. The van der Waals surface area contributed by atoms with E-state index in [1.165, 1.54) is 0 Å². The first-order chi connectivity index (χ1) is 36.7. The zero-order valence-corrected chi connectivity index (χ0v) is 40.4. The number of nitrogens with two attached hydrogens (primary N) is 1. The van der Waals surface area contributed by atoms with E-state index in [1.54, 1.807) is 0 Å². The molecular weight excluding hydrogens is 1060 g/mol. The van der Waals surface area contributed by atoms with E-state index in [0.29, 0.717) is 0 Å². The zero-order valence-electron chi connectivity index (χ0n) is 40.4. The molecule has 35 heteroatoms. The van der Waals surface area contributed by atoms with Gasteiger partial charge in [-0.25, -0.2) is 0 Å². The summed E-state index contributed by atoms with van der Waals surface area (Å²) in [4.78, 5) is 0. The number of aliphatic hydroxyl groups is 20. The number of ether oxygens (including phenoxy) is 14. The van der Waals surface area contributed by atoms with E-state index in [9.17, 15) is 102 Å². The Labute approximate surface area is 434 Å².